The normalized spacial score (nSPS) is 31.7. The minimum Gasteiger partial charge on any atom is -0.490 e. The average molecular weight is 331 g/mol. The summed E-state index contributed by atoms with van der Waals surface area (Å²) in [5, 5.41) is 9.87. The summed E-state index contributed by atoms with van der Waals surface area (Å²) in [6.45, 7) is 7.08. The van der Waals surface area contributed by atoms with Crippen molar-refractivity contribution in [1.82, 2.24) is 0 Å². The Morgan fingerprint density at radius 2 is 1.58 bits per heavy atom. The van der Waals surface area contributed by atoms with Crippen LogP contribution in [0, 0.1) is 11.3 Å². The van der Waals surface area contributed by atoms with Crippen molar-refractivity contribution in [3.63, 3.8) is 0 Å². The molecule has 1 aromatic carbocycles. The van der Waals surface area contributed by atoms with Crippen LogP contribution in [-0.4, -0.2) is 17.3 Å². The Kier molecular flexibility index (Phi) is 5.54. The van der Waals surface area contributed by atoms with Gasteiger partial charge >= 0.3 is 0 Å². The van der Waals surface area contributed by atoms with Crippen LogP contribution in [0.4, 0.5) is 0 Å². The van der Waals surface area contributed by atoms with Gasteiger partial charge in [-0.2, -0.15) is 0 Å². The number of hydrogen-bond donors (Lipinski definition) is 1. The highest BCUT2D eigenvalue weighted by atomic mass is 16.5. The van der Waals surface area contributed by atoms with Gasteiger partial charge in [-0.25, -0.2) is 0 Å². The molecule has 3 rings (SSSR count). The van der Waals surface area contributed by atoms with Crippen LogP contribution in [0.5, 0.6) is 5.75 Å². The van der Waals surface area contributed by atoms with Crippen LogP contribution in [-0.2, 0) is 0 Å². The molecular formula is C22H34O2. The van der Waals surface area contributed by atoms with E-state index in [1.54, 1.807) is 0 Å². The number of aliphatic hydroxyl groups excluding tert-OH is 1. The lowest BCUT2D eigenvalue weighted by Crippen LogP contribution is -2.30. The predicted molar refractivity (Wildman–Crippen MR) is 99.5 cm³/mol. The Hall–Kier alpha value is -1.02. The molecular weight excluding hydrogens is 296 g/mol. The first-order chi connectivity index (χ1) is 11.4. The molecule has 2 nitrogen and oxygen atoms in total. The van der Waals surface area contributed by atoms with Crippen LogP contribution in [0.2, 0.25) is 0 Å². The van der Waals surface area contributed by atoms with Gasteiger partial charge in [-0.15, -0.1) is 0 Å². The van der Waals surface area contributed by atoms with E-state index in [2.05, 4.69) is 45.0 Å². The molecule has 2 fully saturated rings. The predicted octanol–water partition coefficient (Wildman–Crippen LogP) is 5.69. The summed E-state index contributed by atoms with van der Waals surface area (Å²) in [6.07, 6.45) is 9.42. The molecule has 0 radical (unpaired) electrons. The van der Waals surface area contributed by atoms with E-state index in [-0.39, 0.29) is 6.10 Å². The molecule has 0 heterocycles. The largest absolute Gasteiger partial charge is 0.490 e. The number of hydrogen-bond acceptors (Lipinski definition) is 2. The Balaban J connectivity index is 1.52. The maximum atomic E-state index is 9.87. The molecule has 0 aromatic heterocycles. The van der Waals surface area contributed by atoms with Gasteiger partial charge in [0.1, 0.15) is 5.75 Å². The van der Waals surface area contributed by atoms with E-state index < -0.39 is 0 Å². The fraction of sp³-hybridized carbons (Fsp3) is 0.727. The molecule has 0 saturated heterocycles. The van der Waals surface area contributed by atoms with Crippen molar-refractivity contribution in [2.45, 2.75) is 90.3 Å². The van der Waals surface area contributed by atoms with Crippen molar-refractivity contribution in [3.8, 4) is 5.75 Å². The van der Waals surface area contributed by atoms with Gasteiger partial charge in [0.15, 0.2) is 0 Å². The minimum atomic E-state index is -0.113. The van der Waals surface area contributed by atoms with Crippen molar-refractivity contribution in [2.24, 2.45) is 11.3 Å². The van der Waals surface area contributed by atoms with E-state index in [4.69, 9.17) is 4.74 Å². The number of benzene rings is 1. The van der Waals surface area contributed by atoms with E-state index >= 15 is 0 Å². The van der Waals surface area contributed by atoms with Crippen LogP contribution in [0.3, 0.4) is 0 Å². The lowest BCUT2D eigenvalue weighted by atomic mass is 9.72. The van der Waals surface area contributed by atoms with Gasteiger partial charge in [-0.1, -0.05) is 39.3 Å². The maximum absolute atomic E-state index is 9.87. The molecule has 134 valence electrons. The van der Waals surface area contributed by atoms with Crippen LogP contribution in [0.1, 0.15) is 83.6 Å². The molecule has 0 aliphatic heterocycles. The molecule has 1 N–H and O–H groups in total. The zero-order valence-electron chi connectivity index (χ0n) is 15.6. The van der Waals surface area contributed by atoms with Gasteiger partial charge in [0, 0.05) is 0 Å². The van der Waals surface area contributed by atoms with Crippen molar-refractivity contribution >= 4 is 0 Å². The second-order valence-electron chi connectivity index (χ2n) is 9.04. The first-order valence-electron chi connectivity index (χ1n) is 9.86. The summed E-state index contributed by atoms with van der Waals surface area (Å²) in [5.74, 6) is 2.36. The quantitative estimate of drug-likeness (QED) is 0.771. The zero-order chi connectivity index (χ0) is 17.2. The Labute approximate surface area is 147 Å². The summed E-state index contributed by atoms with van der Waals surface area (Å²) in [6, 6.07) is 8.68. The zero-order valence-corrected chi connectivity index (χ0v) is 15.6. The van der Waals surface area contributed by atoms with Crippen LogP contribution in [0.25, 0.3) is 0 Å². The van der Waals surface area contributed by atoms with E-state index in [0.29, 0.717) is 17.4 Å². The Morgan fingerprint density at radius 3 is 2.17 bits per heavy atom. The summed E-state index contributed by atoms with van der Waals surface area (Å²) in [4.78, 5) is 0. The molecule has 2 saturated carbocycles. The third kappa shape index (κ3) is 4.53. The highest BCUT2D eigenvalue weighted by Gasteiger charge is 2.30. The van der Waals surface area contributed by atoms with Crippen molar-refractivity contribution < 1.29 is 9.84 Å². The first kappa shape index (κ1) is 17.8. The molecule has 2 aliphatic rings. The molecule has 0 spiro atoms. The maximum Gasteiger partial charge on any atom is 0.119 e. The minimum absolute atomic E-state index is 0.113. The molecule has 2 unspecified atom stereocenters. The van der Waals surface area contributed by atoms with Gasteiger partial charge < -0.3 is 9.84 Å². The number of ether oxygens (including phenoxy) is 1. The van der Waals surface area contributed by atoms with E-state index in [1.165, 1.54) is 37.7 Å². The standard InChI is InChI=1S/C22H34O2/c1-22(2,3)18-9-13-21(14-10-18)24-20-11-7-16(8-12-20)17-5-4-6-19(23)15-17/h7-8,11-12,17-19,21,23H,4-6,9-10,13-15H2,1-3H3/t17?,18-,19?,21-. The first-order valence-corrected chi connectivity index (χ1v) is 9.86. The SMILES string of the molecule is CC(C)(C)[C@H]1CC[C@H](Oc2ccc(C3CCCC(O)C3)cc2)CC1. The van der Waals surface area contributed by atoms with Gasteiger partial charge in [0.2, 0.25) is 0 Å². The molecule has 0 bridgehead atoms. The molecule has 2 aliphatic carbocycles. The Bertz CT molecular complexity index is 506. The fourth-order valence-electron chi connectivity index (χ4n) is 4.52. The third-order valence-electron chi connectivity index (χ3n) is 6.20. The van der Waals surface area contributed by atoms with Crippen LogP contribution in [0.15, 0.2) is 24.3 Å². The van der Waals surface area contributed by atoms with E-state index in [0.717, 1.165) is 30.9 Å². The number of rotatable bonds is 3. The molecule has 2 atom stereocenters. The number of aliphatic hydroxyl groups is 1. The van der Waals surface area contributed by atoms with Crippen molar-refractivity contribution in [3.05, 3.63) is 29.8 Å². The van der Waals surface area contributed by atoms with Crippen molar-refractivity contribution in [2.75, 3.05) is 0 Å². The second kappa shape index (κ2) is 7.47. The van der Waals surface area contributed by atoms with Gasteiger partial charge in [0.05, 0.1) is 12.2 Å². The summed E-state index contributed by atoms with van der Waals surface area (Å²) >= 11 is 0. The lowest BCUT2D eigenvalue weighted by molar-refractivity contribution is 0.0882. The topological polar surface area (TPSA) is 29.5 Å². The summed E-state index contributed by atoms with van der Waals surface area (Å²) in [5.41, 5.74) is 1.79. The van der Waals surface area contributed by atoms with E-state index in [1.807, 2.05) is 0 Å². The van der Waals surface area contributed by atoms with Gasteiger partial charge in [0.25, 0.3) is 0 Å². The third-order valence-corrected chi connectivity index (χ3v) is 6.20. The van der Waals surface area contributed by atoms with E-state index in [9.17, 15) is 5.11 Å². The lowest BCUT2D eigenvalue weighted by Gasteiger charge is -2.37. The summed E-state index contributed by atoms with van der Waals surface area (Å²) in [7, 11) is 0. The van der Waals surface area contributed by atoms with Gasteiger partial charge in [-0.05, 0) is 79.9 Å². The highest BCUT2D eigenvalue weighted by molar-refractivity contribution is 5.30. The fourth-order valence-corrected chi connectivity index (χ4v) is 4.52. The molecule has 24 heavy (non-hydrogen) atoms. The Morgan fingerprint density at radius 1 is 0.917 bits per heavy atom. The van der Waals surface area contributed by atoms with Crippen LogP contribution < -0.4 is 4.74 Å². The smallest absolute Gasteiger partial charge is 0.119 e. The van der Waals surface area contributed by atoms with Gasteiger partial charge in [-0.3, -0.25) is 0 Å². The molecule has 0 amide bonds. The average Bonchev–Trinajstić information content (AvgIpc) is 2.55. The highest BCUT2D eigenvalue weighted by Crippen LogP contribution is 2.39. The second-order valence-corrected chi connectivity index (χ2v) is 9.04. The van der Waals surface area contributed by atoms with Crippen molar-refractivity contribution in [1.29, 1.82) is 0 Å². The van der Waals surface area contributed by atoms with Crippen LogP contribution >= 0.6 is 0 Å². The monoisotopic (exact) mass is 330 g/mol. The molecule has 2 heteroatoms. The molecule has 1 aromatic rings. The summed E-state index contributed by atoms with van der Waals surface area (Å²) < 4.78 is 6.23.